The predicted octanol–water partition coefficient (Wildman–Crippen LogP) is 2.40. The van der Waals surface area contributed by atoms with E-state index < -0.39 is 0 Å². The van der Waals surface area contributed by atoms with Gasteiger partial charge in [-0.15, -0.1) is 0 Å². The molecule has 5 nitrogen and oxygen atoms in total. The second-order valence-electron chi connectivity index (χ2n) is 4.65. The van der Waals surface area contributed by atoms with Crippen LogP contribution >= 0.6 is 0 Å². The van der Waals surface area contributed by atoms with Gasteiger partial charge in [0.1, 0.15) is 0 Å². The Balaban J connectivity index is 2.78. The number of aliphatic imine (C=N–C) groups is 1. The Hall–Kier alpha value is -2.04. The Kier molecular flexibility index (Phi) is 5.36. The monoisotopic (exact) mass is 262 g/mol. The van der Waals surface area contributed by atoms with Crippen molar-refractivity contribution in [3.63, 3.8) is 0 Å². The van der Waals surface area contributed by atoms with Crippen LogP contribution in [0.4, 0.5) is 10.5 Å². The number of hydrogen-bond donors (Lipinski definition) is 3. The number of nitrogens with two attached hydrogens (primary N) is 1. The average molecular weight is 262 g/mol. The van der Waals surface area contributed by atoms with Crippen LogP contribution in [0.3, 0.4) is 0 Å². The van der Waals surface area contributed by atoms with E-state index in [1.807, 2.05) is 45.9 Å². The number of anilines is 1. The van der Waals surface area contributed by atoms with Crippen LogP contribution in [0.25, 0.3) is 0 Å². The summed E-state index contributed by atoms with van der Waals surface area (Å²) in [6.07, 6.45) is 0.854. The van der Waals surface area contributed by atoms with Gasteiger partial charge in [0.15, 0.2) is 5.96 Å². The molecule has 0 radical (unpaired) electrons. The van der Waals surface area contributed by atoms with E-state index in [0.717, 1.165) is 23.2 Å². The van der Waals surface area contributed by atoms with Crippen LogP contribution in [0.2, 0.25) is 0 Å². The molecule has 2 amide bonds. The summed E-state index contributed by atoms with van der Waals surface area (Å²) in [6, 6.07) is 5.61. The summed E-state index contributed by atoms with van der Waals surface area (Å²) in [4.78, 5) is 15.9. The van der Waals surface area contributed by atoms with E-state index in [0.29, 0.717) is 0 Å². The maximum atomic E-state index is 11.8. The molecule has 1 rings (SSSR count). The summed E-state index contributed by atoms with van der Waals surface area (Å²) in [5, 5.41) is 5.34. The number of nitrogens with zero attached hydrogens (tertiary/aromatic N) is 1. The van der Waals surface area contributed by atoms with E-state index >= 15 is 0 Å². The Morgan fingerprint density at radius 3 is 2.68 bits per heavy atom. The third-order valence-corrected chi connectivity index (χ3v) is 2.62. The number of hydrogen-bond acceptors (Lipinski definition) is 2. The van der Waals surface area contributed by atoms with Gasteiger partial charge in [-0.2, -0.15) is 0 Å². The molecule has 1 aromatic rings. The molecule has 0 aliphatic rings. The number of amides is 2. The topological polar surface area (TPSA) is 79.5 Å². The number of urea groups is 1. The first kappa shape index (κ1) is 15.0. The molecule has 0 bridgehead atoms. The molecule has 1 aromatic carbocycles. The van der Waals surface area contributed by atoms with Gasteiger partial charge in [-0.05, 0) is 38.3 Å². The fraction of sp³-hybridized carbons (Fsp3) is 0.429. The van der Waals surface area contributed by atoms with Crippen LogP contribution in [-0.4, -0.2) is 18.0 Å². The lowest BCUT2D eigenvalue weighted by Crippen LogP contribution is -2.40. The molecule has 0 saturated heterocycles. The fourth-order valence-electron chi connectivity index (χ4n) is 1.77. The third-order valence-electron chi connectivity index (χ3n) is 2.62. The van der Waals surface area contributed by atoms with E-state index in [-0.39, 0.29) is 18.0 Å². The minimum Gasteiger partial charge on any atom is -0.370 e. The zero-order chi connectivity index (χ0) is 14.4. The average Bonchev–Trinajstić information content (AvgIpc) is 2.30. The van der Waals surface area contributed by atoms with Crippen LogP contribution < -0.4 is 16.4 Å². The molecule has 0 atom stereocenters. The van der Waals surface area contributed by atoms with Gasteiger partial charge < -0.3 is 11.1 Å². The Labute approximate surface area is 114 Å². The van der Waals surface area contributed by atoms with Crippen molar-refractivity contribution in [1.82, 2.24) is 5.32 Å². The standard InChI is InChI=1S/C14H22N4O/c1-5-11-8-6-7-10(4)12(11)17-14(19)18-13(15)16-9(2)3/h6-9H,5H2,1-4H3,(H4,15,16,17,18,19). The van der Waals surface area contributed by atoms with Crippen molar-refractivity contribution >= 4 is 17.7 Å². The summed E-state index contributed by atoms with van der Waals surface area (Å²) in [7, 11) is 0. The van der Waals surface area contributed by atoms with Gasteiger partial charge in [-0.3, -0.25) is 10.3 Å². The van der Waals surface area contributed by atoms with E-state index in [2.05, 4.69) is 15.6 Å². The Morgan fingerprint density at radius 1 is 1.42 bits per heavy atom. The number of carbonyl (C=O) groups excluding carboxylic acids is 1. The van der Waals surface area contributed by atoms with Gasteiger partial charge in [-0.1, -0.05) is 25.1 Å². The quantitative estimate of drug-likeness (QED) is 0.577. The SMILES string of the molecule is CCc1cccc(C)c1NC(=O)NC(N)=NC(C)C. The third kappa shape index (κ3) is 4.62. The number of nitrogens with one attached hydrogen (secondary N) is 2. The smallest absolute Gasteiger partial charge is 0.326 e. The molecule has 0 aliphatic heterocycles. The highest BCUT2D eigenvalue weighted by atomic mass is 16.2. The van der Waals surface area contributed by atoms with E-state index in [1.54, 1.807) is 0 Å². The first-order valence-corrected chi connectivity index (χ1v) is 6.43. The molecule has 0 spiro atoms. The van der Waals surface area contributed by atoms with Crippen molar-refractivity contribution in [3.8, 4) is 0 Å². The largest absolute Gasteiger partial charge is 0.370 e. The highest BCUT2D eigenvalue weighted by Crippen LogP contribution is 2.20. The lowest BCUT2D eigenvalue weighted by atomic mass is 10.1. The number of aryl methyl sites for hydroxylation is 2. The van der Waals surface area contributed by atoms with Gasteiger partial charge in [0.05, 0.1) is 0 Å². The zero-order valence-electron chi connectivity index (χ0n) is 11.9. The minimum atomic E-state index is -0.370. The van der Waals surface area contributed by atoms with Gasteiger partial charge in [0.2, 0.25) is 0 Å². The van der Waals surface area contributed by atoms with Crippen LogP contribution in [0.5, 0.6) is 0 Å². The summed E-state index contributed by atoms with van der Waals surface area (Å²) < 4.78 is 0. The molecular formula is C14H22N4O. The van der Waals surface area contributed by atoms with Crippen LogP contribution in [0.15, 0.2) is 23.2 Å². The number of para-hydroxylation sites is 1. The Morgan fingerprint density at radius 2 is 2.11 bits per heavy atom. The molecule has 0 fully saturated rings. The zero-order valence-corrected chi connectivity index (χ0v) is 11.9. The first-order chi connectivity index (χ1) is 8.93. The summed E-state index contributed by atoms with van der Waals surface area (Å²) in [5.41, 5.74) is 8.56. The number of benzene rings is 1. The highest BCUT2D eigenvalue weighted by Gasteiger charge is 2.09. The molecule has 0 heterocycles. The second kappa shape index (κ2) is 6.78. The van der Waals surface area contributed by atoms with Crippen LogP contribution in [-0.2, 0) is 6.42 Å². The van der Waals surface area contributed by atoms with E-state index in [9.17, 15) is 4.79 Å². The fourth-order valence-corrected chi connectivity index (χ4v) is 1.77. The van der Waals surface area contributed by atoms with Crippen molar-refractivity contribution in [3.05, 3.63) is 29.3 Å². The maximum Gasteiger partial charge on any atom is 0.326 e. The van der Waals surface area contributed by atoms with Crippen molar-refractivity contribution in [2.45, 2.75) is 40.2 Å². The minimum absolute atomic E-state index is 0.0463. The molecular weight excluding hydrogens is 240 g/mol. The number of rotatable bonds is 3. The number of carbonyl (C=O) groups is 1. The molecule has 0 aromatic heterocycles. The first-order valence-electron chi connectivity index (χ1n) is 6.43. The van der Waals surface area contributed by atoms with Crippen molar-refractivity contribution < 1.29 is 4.79 Å². The predicted molar refractivity (Wildman–Crippen MR) is 79.5 cm³/mol. The van der Waals surface area contributed by atoms with Crippen molar-refractivity contribution in [2.75, 3.05) is 5.32 Å². The lowest BCUT2D eigenvalue weighted by Gasteiger charge is -2.13. The van der Waals surface area contributed by atoms with Crippen molar-refractivity contribution in [2.24, 2.45) is 10.7 Å². The van der Waals surface area contributed by atoms with Crippen LogP contribution in [0.1, 0.15) is 31.9 Å². The van der Waals surface area contributed by atoms with Crippen LogP contribution in [0, 0.1) is 6.92 Å². The molecule has 5 heteroatoms. The number of guanidine groups is 1. The van der Waals surface area contributed by atoms with Gasteiger partial charge in [0.25, 0.3) is 0 Å². The van der Waals surface area contributed by atoms with Gasteiger partial charge >= 0.3 is 6.03 Å². The van der Waals surface area contributed by atoms with E-state index in [4.69, 9.17) is 5.73 Å². The summed E-state index contributed by atoms with van der Waals surface area (Å²) in [6.45, 7) is 7.79. The molecule has 104 valence electrons. The molecule has 0 unspecified atom stereocenters. The lowest BCUT2D eigenvalue weighted by molar-refractivity contribution is 0.256. The normalized spacial score (nSPS) is 11.5. The Bertz CT molecular complexity index is 480. The van der Waals surface area contributed by atoms with Gasteiger partial charge in [-0.25, -0.2) is 4.79 Å². The van der Waals surface area contributed by atoms with Crippen molar-refractivity contribution in [1.29, 1.82) is 0 Å². The molecule has 0 saturated carbocycles. The van der Waals surface area contributed by atoms with E-state index in [1.165, 1.54) is 0 Å². The van der Waals surface area contributed by atoms with Gasteiger partial charge in [0, 0.05) is 11.7 Å². The second-order valence-corrected chi connectivity index (χ2v) is 4.65. The summed E-state index contributed by atoms with van der Waals surface area (Å²) >= 11 is 0. The maximum absolute atomic E-state index is 11.8. The molecule has 19 heavy (non-hydrogen) atoms. The highest BCUT2D eigenvalue weighted by molar-refractivity contribution is 6.02. The molecule has 0 aliphatic carbocycles. The summed E-state index contributed by atoms with van der Waals surface area (Å²) in [5.74, 6) is 0.124. The molecule has 4 N–H and O–H groups in total.